The molecular weight excluding hydrogens is 264 g/mol. The first-order chi connectivity index (χ1) is 9.16. The van der Waals surface area contributed by atoms with E-state index in [1.54, 1.807) is 0 Å². The summed E-state index contributed by atoms with van der Waals surface area (Å²) in [7, 11) is 0. The van der Waals surface area contributed by atoms with Crippen LogP contribution in [0.2, 0.25) is 5.15 Å². The Bertz CT molecular complexity index is 445. The molecule has 104 valence electrons. The van der Waals surface area contributed by atoms with E-state index in [1.165, 1.54) is 44.2 Å². The monoisotopic (exact) mass is 282 g/mol. The van der Waals surface area contributed by atoms with Crippen LogP contribution in [0.1, 0.15) is 48.9 Å². The van der Waals surface area contributed by atoms with Gasteiger partial charge in [-0.3, -0.25) is 0 Å². The van der Waals surface area contributed by atoms with Crippen molar-refractivity contribution in [2.24, 2.45) is 5.92 Å². The van der Waals surface area contributed by atoms with Crippen LogP contribution < -0.4 is 5.32 Å². The second-order valence-electron chi connectivity index (χ2n) is 5.05. The molecule has 0 saturated heterocycles. The Morgan fingerprint density at radius 2 is 2.11 bits per heavy atom. The van der Waals surface area contributed by atoms with Gasteiger partial charge in [0.2, 0.25) is 0 Å². The highest BCUT2D eigenvalue weighted by molar-refractivity contribution is 6.29. The van der Waals surface area contributed by atoms with Gasteiger partial charge in [-0.2, -0.15) is 0 Å². The van der Waals surface area contributed by atoms with E-state index >= 15 is 0 Å². The van der Waals surface area contributed by atoms with E-state index in [0.717, 1.165) is 18.9 Å². The highest BCUT2D eigenvalue weighted by atomic mass is 35.5. The van der Waals surface area contributed by atoms with Crippen molar-refractivity contribution in [1.29, 1.82) is 0 Å². The Hall–Kier alpha value is -1.29. The molecule has 1 aliphatic carbocycles. The molecule has 0 bridgehead atoms. The van der Waals surface area contributed by atoms with Crippen LogP contribution in [-0.2, 0) is 0 Å². The molecule has 0 aliphatic heterocycles. The van der Waals surface area contributed by atoms with E-state index in [1.807, 2.05) is 0 Å². The van der Waals surface area contributed by atoms with Gasteiger partial charge in [0.25, 0.3) is 0 Å². The van der Waals surface area contributed by atoms with Gasteiger partial charge in [0.1, 0.15) is 16.5 Å². The Morgan fingerprint density at radius 1 is 1.37 bits per heavy atom. The number of aromatic carboxylic acids is 1. The highest BCUT2D eigenvalue weighted by Gasteiger charge is 2.15. The topological polar surface area (TPSA) is 62.2 Å². The van der Waals surface area contributed by atoms with Crippen molar-refractivity contribution in [3.05, 3.63) is 22.8 Å². The maximum atomic E-state index is 11.1. The van der Waals surface area contributed by atoms with Gasteiger partial charge in [-0.05, 0) is 24.5 Å². The summed E-state index contributed by atoms with van der Waals surface area (Å²) in [6, 6.07) is 2.98. The molecule has 1 aliphatic rings. The van der Waals surface area contributed by atoms with Crippen molar-refractivity contribution in [2.45, 2.75) is 38.5 Å². The summed E-state index contributed by atoms with van der Waals surface area (Å²) in [5, 5.41) is 12.5. The first kappa shape index (κ1) is 14.1. The van der Waals surface area contributed by atoms with Gasteiger partial charge < -0.3 is 10.4 Å². The van der Waals surface area contributed by atoms with Gasteiger partial charge in [0, 0.05) is 6.54 Å². The predicted molar refractivity (Wildman–Crippen MR) is 75.9 cm³/mol. The number of carbonyl (C=O) groups is 1. The molecule has 0 aromatic carbocycles. The zero-order valence-electron chi connectivity index (χ0n) is 10.9. The van der Waals surface area contributed by atoms with E-state index in [-0.39, 0.29) is 5.56 Å². The number of carboxylic acid groups (broad SMARTS) is 1. The van der Waals surface area contributed by atoms with Crippen molar-refractivity contribution in [2.75, 3.05) is 11.9 Å². The number of pyridine rings is 1. The summed E-state index contributed by atoms with van der Waals surface area (Å²) >= 11 is 5.81. The lowest BCUT2D eigenvalue weighted by Crippen LogP contribution is -2.14. The molecular formula is C14H19ClN2O2. The first-order valence-electron chi connectivity index (χ1n) is 6.80. The molecule has 1 aromatic heterocycles. The minimum atomic E-state index is -0.982. The third kappa shape index (κ3) is 4.10. The molecule has 1 heterocycles. The molecule has 0 unspecified atom stereocenters. The summed E-state index contributed by atoms with van der Waals surface area (Å²) in [5.41, 5.74) is 0.174. The molecule has 1 aromatic rings. The van der Waals surface area contributed by atoms with Crippen molar-refractivity contribution in [3.8, 4) is 0 Å². The highest BCUT2D eigenvalue weighted by Crippen LogP contribution is 2.26. The maximum absolute atomic E-state index is 11.1. The van der Waals surface area contributed by atoms with Crippen LogP contribution in [0.25, 0.3) is 0 Å². The second-order valence-corrected chi connectivity index (χ2v) is 5.44. The van der Waals surface area contributed by atoms with Gasteiger partial charge >= 0.3 is 5.97 Å². The van der Waals surface area contributed by atoms with E-state index in [2.05, 4.69) is 10.3 Å². The number of halogens is 1. The van der Waals surface area contributed by atoms with Crippen LogP contribution in [-0.4, -0.2) is 22.6 Å². The van der Waals surface area contributed by atoms with Gasteiger partial charge in [0.05, 0.1) is 0 Å². The van der Waals surface area contributed by atoms with Crippen LogP contribution >= 0.6 is 11.6 Å². The van der Waals surface area contributed by atoms with Gasteiger partial charge in [-0.1, -0.05) is 43.7 Å². The Morgan fingerprint density at radius 3 is 2.79 bits per heavy atom. The zero-order valence-corrected chi connectivity index (χ0v) is 11.6. The molecule has 19 heavy (non-hydrogen) atoms. The minimum Gasteiger partial charge on any atom is -0.478 e. The van der Waals surface area contributed by atoms with Gasteiger partial charge in [-0.15, -0.1) is 0 Å². The van der Waals surface area contributed by atoms with Crippen molar-refractivity contribution >= 4 is 23.4 Å². The third-order valence-electron chi connectivity index (χ3n) is 3.66. The fourth-order valence-electron chi connectivity index (χ4n) is 2.61. The molecule has 0 radical (unpaired) electrons. The molecule has 0 spiro atoms. The summed E-state index contributed by atoms with van der Waals surface area (Å²) in [6.45, 7) is 0.748. The van der Waals surface area contributed by atoms with Crippen molar-refractivity contribution in [1.82, 2.24) is 4.98 Å². The normalized spacial score (nSPS) is 16.3. The number of aromatic nitrogens is 1. The summed E-state index contributed by atoms with van der Waals surface area (Å²) in [4.78, 5) is 15.1. The lowest BCUT2D eigenvalue weighted by Gasteiger charge is -2.21. The Labute approximate surface area is 118 Å². The van der Waals surface area contributed by atoms with Crippen LogP contribution in [0.4, 0.5) is 5.82 Å². The SMILES string of the molecule is O=C(O)c1ccc(Cl)nc1NCCC1CCCCC1. The van der Waals surface area contributed by atoms with Crippen LogP contribution in [0.15, 0.2) is 12.1 Å². The quantitative estimate of drug-likeness (QED) is 0.806. The molecule has 1 fully saturated rings. The molecule has 2 N–H and O–H groups in total. The fraction of sp³-hybridized carbons (Fsp3) is 0.571. The van der Waals surface area contributed by atoms with Crippen LogP contribution in [0.5, 0.6) is 0 Å². The van der Waals surface area contributed by atoms with Crippen LogP contribution in [0.3, 0.4) is 0 Å². The third-order valence-corrected chi connectivity index (χ3v) is 3.87. The van der Waals surface area contributed by atoms with E-state index in [0.29, 0.717) is 11.0 Å². The van der Waals surface area contributed by atoms with Crippen molar-refractivity contribution < 1.29 is 9.90 Å². The average Bonchev–Trinajstić information content (AvgIpc) is 2.39. The molecule has 0 amide bonds. The lowest BCUT2D eigenvalue weighted by molar-refractivity contribution is 0.0697. The fourth-order valence-corrected chi connectivity index (χ4v) is 2.76. The molecule has 2 rings (SSSR count). The average molecular weight is 283 g/mol. The summed E-state index contributed by atoms with van der Waals surface area (Å²) < 4.78 is 0. The smallest absolute Gasteiger partial charge is 0.339 e. The van der Waals surface area contributed by atoms with Crippen molar-refractivity contribution in [3.63, 3.8) is 0 Å². The molecule has 1 saturated carbocycles. The number of carboxylic acids is 1. The number of hydrogen-bond donors (Lipinski definition) is 2. The van der Waals surface area contributed by atoms with Crippen LogP contribution in [0, 0.1) is 5.92 Å². The summed E-state index contributed by atoms with van der Waals surface area (Å²) in [6.07, 6.45) is 7.63. The number of nitrogens with one attached hydrogen (secondary N) is 1. The standard InChI is InChI=1S/C14H19ClN2O2/c15-12-7-6-11(14(18)19)13(17-12)16-9-8-10-4-2-1-3-5-10/h6-7,10H,1-5,8-9H2,(H,16,17)(H,18,19). The number of hydrogen-bond acceptors (Lipinski definition) is 3. The second kappa shape index (κ2) is 6.75. The minimum absolute atomic E-state index is 0.174. The molecule has 4 nitrogen and oxygen atoms in total. The lowest BCUT2D eigenvalue weighted by atomic mass is 9.87. The van der Waals surface area contributed by atoms with Gasteiger partial charge in [-0.25, -0.2) is 9.78 Å². The number of rotatable bonds is 5. The largest absolute Gasteiger partial charge is 0.478 e. The predicted octanol–water partition coefficient (Wildman–Crippen LogP) is 3.82. The van der Waals surface area contributed by atoms with Gasteiger partial charge in [0.15, 0.2) is 0 Å². The number of anilines is 1. The Balaban J connectivity index is 1.91. The molecule has 5 heteroatoms. The van der Waals surface area contributed by atoms with E-state index in [4.69, 9.17) is 16.7 Å². The zero-order chi connectivity index (χ0) is 13.7. The Kier molecular flexibility index (Phi) is 5.02. The maximum Gasteiger partial charge on any atom is 0.339 e. The van der Waals surface area contributed by atoms with E-state index < -0.39 is 5.97 Å². The molecule has 0 atom stereocenters. The summed E-state index contributed by atoms with van der Waals surface area (Å²) in [5.74, 6) is 0.147. The number of nitrogens with zero attached hydrogens (tertiary/aromatic N) is 1. The first-order valence-corrected chi connectivity index (χ1v) is 7.18. The van der Waals surface area contributed by atoms with E-state index in [9.17, 15) is 4.79 Å².